The minimum absolute atomic E-state index is 0.180. The molecule has 0 fully saturated rings. The molecular weight excluding hydrogens is 378 g/mol. The van der Waals surface area contributed by atoms with E-state index < -0.39 is 17.7 Å². The van der Waals surface area contributed by atoms with Crippen molar-refractivity contribution < 1.29 is 18.5 Å². The van der Waals surface area contributed by atoms with Crippen LogP contribution in [0.2, 0.25) is 0 Å². The number of benzene rings is 2. The minimum atomic E-state index is -0.654. The molecule has 0 bridgehead atoms. The first-order valence-corrected chi connectivity index (χ1v) is 8.44. The summed E-state index contributed by atoms with van der Waals surface area (Å²) in [4.78, 5) is 13.1. The summed E-state index contributed by atoms with van der Waals surface area (Å²) >= 11 is 3.39. The van der Waals surface area contributed by atoms with Crippen molar-refractivity contribution in [2.24, 2.45) is 0 Å². The molecule has 2 atom stereocenters. The van der Waals surface area contributed by atoms with Gasteiger partial charge in [0.1, 0.15) is 18.2 Å². The maximum Gasteiger partial charge on any atom is 0.275 e. The predicted molar refractivity (Wildman–Crippen MR) is 92.5 cm³/mol. The van der Waals surface area contributed by atoms with E-state index in [1.54, 1.807) is 6.92 Å². The summed E-state index contributed by atoms with van der Waals surface area (Å²) < 4.78 is 27.7. The van der Waals surface area contributed by atoms with Crippen molar-refractivity contribution in [3.63, 3.8) is 0 Å². The highest BCUT2D eigenvalue weighted by molar-refractivity contribution is 9.10. The molecule has 0 aromatic heterocycles. The van der Waals surface area contributed by atoms with Crippen LogP contribution in [0.15, 0.2) is 46.9 Å². The fourth-order valence-corrected chi connectivity index (χ4v) is 2.77. The van der Waals surface area contributed by atoms with E-state index in [9.17, 15) is 13.6 Å². The number of likely N-dealkylation sites (N-methyl/N-ethyl adjacent to an activating group) is 1. The summed E-state index contributed by atoms with van der Waals surface area (Å²) in [5, 5.41) is 2.75. The molecule has 0 radical (unpaired) electrons. The third-order valence-corrected chi connectivity index (χ3v) is 4.22. The van der Waals surface area contributed by atoms with Gasteiger partial charge in [-0.15, -0.1) is 0 Å². The minimum Gasteiger partial charge on any atom is -0.345 e. The first-order chi connectivity index (χ1) is 11.3. The van der Waals surface area contributed by atoms with Gasteiger partial charge in [0.05, 0.1) is 13.1 Å². The Morgan fingerprint density at radius 1 is 1.21 bits per heavy atom. The number of rotatable bonds is 6. The maximum atomic E-state index is 13.7. The van der Waals surface area contributed by atoms with E-state index in [2.05, 4.69) is 21.2 Å². The highest BCUT2D eigenvalue weighted by atomic mass is 79.9. The smallest absolute Gasteiger partial charge is 0.275 e. The third kappa shape index (κ3) is 5.39. The average Bonchev–Trinajstić information content (AvgIpc) is 2.49. The summed E-state index contributed by atoms with van der Waals surface area (Å²) in [6.45, 7) is 2.65. The lowest BCUT2D eigenvalue weighted by atomic mass is 10.1. The number of quaternary nitrogens is 1. The molecule has 1 unspecified atom stereocenters. The van der Waals surface area contributed by atoms with E-state index >= 15 is 0 Å². The molecule has 3 nitrogen and oxygen atoms in total. The lowest BCUT2D eigenvalue weighted by molar-refractivity contribution is -0.885. The van der Waals surface area contributed by atoms with Gasteiger partial charge in [0.2, 0.25) is 0 Å². The molecule has 0 heterocycles. The van der Waals surface area contributed by atoms with Crippen LogP contribution in [-0.2, 0) is 11.3 Å². The normalized spacial score (nSPS) is 13.4. The van der Waals surface area contributed by atoms with Crippen LogP contribution in [0.1, 0.15) is 24.1 Å². The third-order valence-electron chi connectivity index (χ3n) is 3.69. The highest BCUT2D eigenvalue weighted by Crippen LogP contribution is 2.17. The molecule has 2 aromatic carbocycles. The van der Waals surface area contributed by atoms with Crippen LogP contribution in [0.4, 0.5) is 8.78 Å². The number of carbonyl (C=O) groups excluding carboxylic acids is 1. The van der Waals surface area contributed by atoms with Crippen molar-refractivity contribution >= 4 is 21.8 Å². The molecule has 0 aliphatic carbocycles. The molecule has 0 aliphatic heterocycles. The maximum absolute atomic E-state index is 13.7. The van der Waals surface area contributed by atoms with Gasteiger partial charge < -0.3 is 10.2 Å². The van der Waals surface area contributed by atoms with Gasteiger partial charge in [-0.1, -0.05) is 34.1 Å². The summed E-state index contributed by atoms with van der Waals surface area (Å²) in [5.41, 5.74) is 1.40. The first kappa shape index (κ1) is 18.5. The molecule has 2 aromatic rings. The number of carbonyl (C=O) groups is 1. The van der Waals surface area contributed by atoms with E-state index in [1.807, 2.05) is 31.3 Å². The lowest BCUT2D eigenvalue weighted by Gasteiger charge is -2.18. The molecule has 6 heteroatoms. The second-order valence-corrected chi connectivity index (χ2v) is 6.81. The topological polar surface area (TPSA) is 33.5 Å². The molecule has 128 valence electrons. The predicted octanol–water partition coefficient (Wildman–Crippen LogP) is 2.62. The van der Waals surface area contributed by atoms with Crippen molar-refractivity contribution in [1.29, 1.82) is 0 Å². The zero-order valence-electron chi connectivity index (χ0n) is 13.6. The van der Waals surface area contributed by atoms with Crippen molar-refractivity contribution in [2.75, 3.05) is 13.6 Å². The average molecular weight is 398 g/mol. The fraction of sp³-hybridized carbons (Fsp3) is 0.278. The van der Waals surface area contributed by atoms with Crippen molar-refractivity contribution in [2.45, 2.75) is 19.5 Å². The van der Waals surface area contributed by atoms with Gasteiger partial charge in [0.15, 0.2) is 6.54 Å². The van der Waals surface area contributed by atoms with Crippen LogP contribution in [0.3, 0.4) is 0 Å². The quantitative estimate of drug-likeness (QED) is 0.771. The van der Waals surface area contributed by atoms with Crippen molar-refractivity contribution in [3.8, 4) is 0 Å². The van der Waals surface area contributed by atoms with Gasteiger partial charge in [0, 0.05) is 21.7 Å². The number of hydrogen-bond acceptors (Lipinski definition) is 1. The van der Waals surface area contributed by atoms with Gasteiger partial charge in [-0.3, -0.25) is 4.79 Å². The largest absolute Gasteiger partial charge is 0.345 e. The van der Waals surface area contributed by atoms with Crippen molar-refractivity contribution in [1.82, 2.24) is 5.32 Å². The van der Waals surface area contributed by atoms with E-state index in [0.717, 1.165) is 21.0 Å². The molecule has 24 heavy (non-hydrogen) atoms. The molecule has 2 N–H and O–H groups in total. The molecule has 0 spiro atoms. The second-order valence-electron chi connectivity index (χ2n) is 5.89. The summed E-state index contributed by atoms with van der Waals surface area (Å²) in [6, 6.07) is 10.8. The van der Waals surface area contributed by atoms with Gasteiger partial charge in [-0.25, -0.2) is 8.78 Å². The summed E-state index contributed by atoms with van der Waals surface area (Å²) in [7, 11) is 1.92. The number of amides is 1. The van der Waals surface area contributed by atoms with E-state index in [4.69, 9.17) is 0 Å². The van der Waals surface area contributed by atoms with Crippen LogP contribution in [0.25, 0.3) is 0 Å². The Balaban J connectivity index is 1.88. The molecular formula is C18H20BrF2N2O+. The van der Waals surface area contributed by atoms with E-state index in [0.29, 0.717) is 6.54 Å². The Morgan fingerprint density at radius 3 is 2.50 bits per heavy atom. The summed E-state index contributed by atoms with van der Waals surface area (Å²) in [5.74, 6) is -1.47. The lowest BCUT2D eigenvalue weighted by Crippen LogP contribution is -3.08. The summed E-state index contributed by atoms with van der Waals surface area (Å²) in [6.07, 6.45) is 0. The number of hydrogen-bond donors (Lipinski definition) is 2. The van der Waals surface area contributed by atoms with Gasteiger partial charge in [-0.2, -0.15) is 0 Å². The van der Waals surface area contributed by atoms with Gasteiger partial charge >= 0.3 is 0 Å². The Labute approximate surface area is 148 Å². The van der Waals surface area contributed by atoms with Crippen LogP contribution < -0.4 is 10.2 Å². The van der Waals surface area contributed by atoms with Gasteiger partial charge in [0.25, 0.3) is 5.91 Å². The van der Waals surface area contributed by atoms with Crippen LogP contribution in [-0.4, -0.2) is 19.5 Å². The standard InChI is InChI=1S/C18H19BrF2N2O/c1-12(16-8-7-15(20)9-17(16)21)22-18(24)11-23(2)10-13-3-5-14(19)6-4-13/h3-9,12H,10-11H2,1-2H3,(H,22,24)/p+1/t12-/m1/s1. The zero-order chi connectivity index (χ0) is 17.7. The Hall–Kier alpha value is -1.79. The van der Waals surface area contributed by atoms with E-state index in [-0.39, 0.29) is 18.0 Å². The Morgan fingerprint density at radius 2 is 1.88 bits per heavy atom. The molecule has 0 saturated carbocycles. The highest BCUT2D eigenvalue weighted by Gasteiger charge is 2.17. The number of nitrogens with one attached hydrogen (secondary N) is 2. The molecule has 0 saturated heterocycles. The Kier molecular flexibility index (Phi) is 6.45. The number of halogens is 3. The molecule has 0 aliphatic rings. The molecule has 1 amide bonds. The second kappa shape index (κ2) is 8.35. The van der Waals surface area contributed by atoms with Crippen LogP contribution >= 0.6 is 15.9 Å². The SMILES string of the molecule is C[C@@H](NC(=O)C[NH+](C)Cc1ccc(Br)cc1)c1ccc(F)cc1F. The fourth-order valence-electron chi connectivity index (χ4n) is 2.51. The van der Waals surface area contributed by atoms with Crippen LogP contribution in [0.5, 0.6) is 0 Å². The Bertz CT molecular complexity index is 707. The van der Waals surface area contributed by atoms with E-state index in [1.165, 1.54) is 12.1 Å². The monoisotopic (exact) mass is 397 g/mol. The molecule has 2 rings (SSSR count). The van der Waals surface area contributed by atoms with Gasteiger partial charge in [-0.05, 0) is 25.1 Å². The van der Waals surface area contributed by atoms with Crippen LogP contribution in [0, 0.1) is 11.6 Å². The zero-order valence-corrected chi connectivity index (χ0v) is 15.2. The first-order valence-electron chi connectivity index (χ1n) is 7.65. The van der Waals surface area contributed by atoms with Crippen molar-refractivity contribution in [3.05, 3.63) is 69.7 Å².